The Bertz CT molecular complexity index is 491. The van der Waals surface area contributed by atoms with Gasteiger partial charge >= 0.3 is 0 Å². The highest BCUT2D eigenvalue weighted by molar-refractivity contribution is 5.36. The second kappa shape index (κ2) is 6.23. The fourth-order valence-electron chi connectivity index (χ4n) is 3.15. The van der Waals surface area contributed by atoms with Gasteiger partial charge in [-0.3, -0.25) is 0 Å². The van der Waals surface area contributed by atoms with Crippen molar-refractivity contribution in [3.8, 4) is 0 Å². The predicted molar refractivity (Wildman–Crippen MR) is 84.6 cm³/mol. The van der Waals surface area contributed by atoms with Gasteiger partial charge in [0.05, 0.1) is 0 Å². The lowest BCUT2D eigenvalue weighted by atomic mass is 9.84. The molecule has 0 N–H and O–H groups in total. The highest BCUT2D eigenvalue weighted by Crippen LogP contribution is 2.30. The van der Waals surface area contributed by atoms with Crippen molar-refractivity contribution in [2.24, 2.45) is 5.92 Å². The van der Waals surface area contributed by atoms with E-state index >= 15 is 0 Å². The number of aryl methyl sites for hydroxylation is 1. The Balaban J connectivity index is 2.45. The van der Waals surface area contributed by atoms with Gasteiger partial charge in [-0.1, -0.05) is 61.4 Å². The summed E-state index contributed by atoms with van der Waals surface area (Å²) in [6.07, 6.45) is 10.6. The van der Waals surface area contributed by atoms with Gasteiger partial charge in [-0.2, -0.15) is 0 Å². The van der Waals surface area contributed by atoms with Crippen molar-refractivity contribution in [2.75, 3.05) is 0 Å². The van der Waals surface area contributed by atoms with Crippen molar-refractivity contribution in [2.45, 2.75) is 52.9 Å². The Morgan fingerprint density at radius 2 is 2.00 bits per heavy atom. The van der Waals surface area contributed by atoms with Crippen LogP contribution in [0.5, 0.6) is 0 Å². The molecule has 102 valence electrons. The highest BCUT2D eigenvalue weighted by atomic mass is 14.2. The number of rotatable bonds is 1. The van der Waals surface area contributed by atoms with Crippen molar-refractivity contribution >= 4 is 0 Å². The monoisotopic (exact) mass is 254 g/mol. The summed E-state index contributed by atoms with van der Waals surface area (Å²) in [6, 6.07) is 7.02. The van der Waals surface area contributed by atoms with Crippen molar-refractivity contribution < 1.29 is 0 Å². The van der Waals surface area contributed by atoms with E-state index in [2.05, 4.69) is 64.1 Å². The third-order valence-corrected chi connectivity index (χ3v) is 4.12. The topological polar surface area (TPSA) is 0 Å². The highest BCUT2D eigenvalue weighted by Gasteiger charge is 2.15. The number of allylic oxidation sites excluding steroid dienone is 4. The van der Waals surface area contributed by atoms with Crippen LogP contribution in [-0.4, -0.2) is 0 Å². The zero-order valence-corrected chi connectivity index (χ0v) is 12.7. The fourth-order valence-corrected chi connectivity index (χ4v) is 3.15. The number of fused-ring (bicyclic) bond motifs is 1. The first kappa shape index (κ1) is 14.1. The molecule has 1 aromatic rings. The largest absolute Gasteiger partial charge is 0.0837 e. The summed E-state index contributed by atoms with van der Waals surface area (Å²) in [4.78, 5) is 0. The minimum absolute atomic E-state index is 0.612. The Kier molecular flexibility index (Phi) is 4.63. The van der Waals surface area contributed by atoms with Crippen LogP contribution in [0.4, 0.5) is 0 Å². The molecule has 2 rings (SSSR count). The van der Waals surface area contributed by atoms with E-state index in [1.54, 1.807) is 11.1 Å². The maximum absolute atomic E-state index is 2.40. The lowest BCUT2D eigenvalue weighted by Gasteiger charge is -2.21. The summed E-state index contributed by atoms with van der Waals surface area (Å²) in [5, 5.41) is 0. The van der Waals surface area contributed by atoms with E-state index in [0.29, 0.717) is 11.8 Å². The minimum atomic E-state index is 0.612. The van der Waals surface area contributed by atoms with E-state index in [9.17, 15) is 0 Å². The normalized spacial score (nSPS) is 28.1. The van der Waals surface area contributed by atoms with Gasteiger partial charge in [0.1, 0.15) is 0 Å². The first-order valence-corrected chi connectivity index (χ1v) is 7.54. The van der Waals surface area contributed by atoms with Crippen LogP contribution < -0.4 is 0 Å². The van der Waals surface area contributed by atoms with Gasteiger partial charge in [0.2, 0.25) is 0 Å². The Hall–Kier alpha value is -1.30. The molecule has 0 nitrogen and oxygen atoms in total. The van der Waals surface area contributed by atoms with Gasteiger partial charge in [-0.05, 0) is 56.1 Å². The van der Waals surface area contributed by atoms with Gasteiger partial charge in [0.25, 0.3) is 0 Å². The number of hydrogen-bond acceptors (Lipinski definition) is 0. The summed E-state index contributed by atoms with van der Waals surface area (Å²) < 4.78 is 0. The SMILES string of the molecule is CCC1C/C=C\C(C)=C/C(C)Cc2cc(C)ccc21. The standard InChI is InChI=1S/C19H26/c1-5-17-8-6-7-14(2)11-16(4)13-18-12-15(3)9-10-19(17)18/h6-7,9-12,16-17H,5,8,13H2,1-4H3/b7-6-,14-11-. The van der Waals surface area contributed by atoms with E-state index in [4.69, 9.17) is 0 Å². The molecule has 0 heterocycles. The lowest BCUT2D eigenvalue weighted by molar-refractivity contribution is 0.643. The first-order chi connectivity index (χ1) is 9.10. The van der Waals surface area contributed by atoms with Gasteiger partial charge < -0.3 is 0 Å². The maximum atomic E-state index is 2.40. The summed E-state index contributed by atoms with van der Waals surface area (Å²) in [7, 11) is 0. The molecule has 0 aliphatic heterocycles. The molecule has 0 aromatic heterocycles. The van der Waals surface area contributed by atoms with Gasteiger partial charge in [0.15, 0.2) is 0 Å². The van der Waals surface area contributed by atoms with Crippen LogP contribution >= 0.6 is 0 Å². The Morgan fingerprint density at radius 3 is 2.74 bits per heavy atom. The average molecular weight is 254 g/mol. The molecule has 0 fully saturated rings. The second-order valence-corrected chi connectivity index (χ2v) is 6.04. The molecular formula is C19H26. The van der Waals surface area contributed by atoms with Crippen molar-refractivity contribution in [3.63, 3.8) is 0 Å². The summed E-state index contributed by atoms with van der Waals surface area (Å²) in [5.74, 6) is 1.28. The summed E-state index contributed by atoms with van der Waals surface area (Å²) >= 11 is 0. The third-order valence-electron chi connectivity index (χ3n) is 4.12. The molecule has 0 amide bonds. The molecular weight excluding hydrogens is 228 g/mol. The lowest BCUT2D eigenvalue weighted by Crippen LogP contribution is -2.06. The van der Waals surface area contributed by atoms with Crippen molar-refractivity contribution in [1.29, 1.82) is 0 Å². The van der Waals surface area contributed by atoms with Crippen molar-refractivity contribution in [1.82, 2.24) is 0 Å². The maximum Gasteiger partial charge on any atom is -0.0127 e. The van der Waals surface area contributed by atoms with Crippen molar-refractivity contribution in [3.05, 3.63) is 58.7 Å². The minimum Gasteiger partial charge on any atom is -0.0837 e. The van der Waals surface area contributed by atoms with Gasteiger partial charge in [-0.15, -0.1) is 0 Å². The van der Waals surface area contributed by atoms with Crippen LogP contribution in [0.15, 0.2) is 42.0 Å². The molecule has 0 radical (unpaired) electrons. The number of benzene rings is 1. The molecule has 1 aliphatic rings. The van der Waals surface area contributed by atoms with Crippen LogP contribution in [0.1, 0.15) is 56.2 Å². The third kappa shape index (κ3) is 3.59. The predicted octanol–water partition coefficient (Wildman–Crippen LogP) is 5.57. The van der Waals surface area contributed by atoms with Crippen LogP contribution in [0.25, 0.3) is 0 Å². The fraction of sp³-hybridized carbons (Fsp3) is 0.474. The quantitative estimate of drug-likeness (QED) is 0.614. The van der Waals surface area contributed by atoms with Gasteiger partial charge in [-0.25, -0.2) is 0 Å². The molecule has 19 heavy (non-hydrogen) atoms. The number of hydrogen-bond donors (Lipinski definition) is 0. The Morgan fingerprint density at radius 1 is 1.21 bits per heavy atom. The first-order valence-electron chi connectivity index (χ1n) is 7.54. The Labute approximate surface area is 118 Å². The van der Waals surface area contributed by atoms with Crippen LogP contribution in [0.2, 0.25) is 0 Å². The molecule has 0 spiro atoms. The van der Waals surface area contributed by atoms with E-state index in [0.717, 1.165) is 6.42 Å². The second-order valence-electron chi connectivity index (χ2n) is 6.04. The molecule has 1 aromatic carbocycles. The van der Waals surface area contributed by atoms with E-state index < -0.39 is 0 Å². The molecule has 1 aliphatic carbocycles. The molecule has 0 heteroatoms. The molecule has 0 bridgehead atoms. The van der Waals surface area contributed by atoms with Crippen LogP contribution in [-0.2, 0) is 6.42 Å². The molecule has 0 saturated carbocycles. The van der Waals surface area contributed by atoms with Crippen LogP contribution in [0, 0.1) is 12.8 Å². The zero-order chi connectivity index (χ0) is 13.8. The van der Waals surface area contributed by atoms with E-state index in [1.165, 1.54) is 24.0 Å². The van der Waals surface area contributed by atoms with E-state index in [1.807, 2.05) is 0 Å². The summed E-state index contributed by atoms with van der Waals surface area (Å²) in [6.45, 7) is 9.05. The molecule has 2 atom stereocenters. The van der Waals surface area contributed by atoms with Crippen LogP contribution in [0.3, 0.4) is 0 Å². The molecule has 0 saturated heterocycles. The van der Waals surface area contributed by atoms with E-state index in [-0.39, 0.29) is 0 Å². The molecule has 2 unspecified atom stereocenters. The average Bonchev–Trinajstić information content (AvgIpc) is 2.35. The summed E-state index contributed by atoms with van der Waals surface area (Å²) in [5.41, 5.74) is 5.91. The smallest absolute Gasteiger partial charge is 0.0127 e. The zero-order valence-electron chi connectivity index (χ0n) is 12.7. The van der Waals surface area contributed by atoms with Gasteiger partial charge in [0, 0.05) is 0 Å².